The predicted octanol–water partition coefficient (Wildman–Crippen LogP) is 7.68. The summed E-state index contributed by atoms with van der Waals surface area (Å²) in [6.07, 6.45) is 3.36. The van der Waals surface area contributed by atoms with Crippen molar-refractivity contribution < 1.29 is 28.4 Å². The van der Waals surface area contributed by atoms with Gasteiger partial charge in [0.15, 0.2) is 34.5 Å². The van der Waals surface area contributed by atoms with Gasteiger partial charge in [-0.3, -0.25) is 0 Å². The molecule has 0 unspecified atom stereocenters. The van der Waals surface area contributed by atoms with Gasteiger partial charge in [-0.05, 0) is 122 Å². The summed E-state index contributed by atoms with van der Waals surface area (Å²) in [5.41, 5.74) is 18.1. The highest BCUT2D eigenvalue weighted by molar-refractivity contribution is 5.79. The smallest absolute Gasteiger partial charge is 0.161 e. The van der Waals surface area contributed by atoms with E-state index in [9.17, 15) is 0 Å². The van der Waals surface area contributed by atoms with Gasteiger partial charge in [0.1, 0.15) is 0 Å². The summed E-state index contributed by atoms with van der Waals surface area (Å²) in [6, 6.07) is 13.6. The molecule has 0 amide bonds. The largest absolute Gasteiger partial charge is 0.493 e. The lowest BCUT2D eigenvalue weighted by molar-refractivity contribution is 0.354. The highest BCUT2D eigenvalue weighted by Gasteiger charge is 2.57. The Bertz CT molecular complexity index is 1620. The normalized spacial score (nSPS) is 25.7. The number of methoxy groups -OCH3 is 6. The van der Waals surface area contributed by atoms with E-state index >= 15 is 0 Å². The summed E-state index contributed by atoms with van der Waals surface area (Å²) in [5.74, 6) is 7.12. The van der Waals surface area contributed by atoms with Crippen molar-refractivity contribution >= 4 is 0 Å². The Morgan fingerprint density at radius 2 is 0.467 bits per heavy atom. The van der Waals surface area contributed by atoms with Crippen LogP contribution in [0.15, 0.2) is 36.4 Å². The zero-order chi connectivity index (χ0) is 30.5. The van der Waals surface area contributed by atoms with Crippen molar-refractivity contribution in [3.05, 3.63) is 103 Å². The van der Waals surface area contributed by atoms with E-state index in [1.54, 1.807) is 76.0 Å². The Morgan fingerprint density at radius 1 is 0.311 bits per heavy atom. The number of rotatable bonds is 6. The molecular formula is C39H36O6. The third kappa shape index (κ3) is 2.89. The minimum atomic E-state index is 0.366. The van der Waals surface area contributed by atoms with E-state index in [-0.39, 0.29) is 0 Å². The van der Waals surface area contributed by atoms with E-state index in [0.29, 0.717) is 35.5 Å². The fourth-order valence-electron chi connectivity index (χ4n) is 10.8. The second-order valence-corrected chi connectivity index (χ2v) is 13.5. The van der Waals surface area contributed by atoms with Gasteiger partial charge in [-0.1, -0.05) is 0 Å². The molecule has 228 valence electrons. The van der Waals surface area contributed by atoms with Crippen LogP contribution in [-0.4, -0.2) is 42.7 Å². The number of hydrogen-bond acceptors (Lipinski definition) is 6. The topological polar surface area (TPSA) is 55.4 Å². The van der Waals surface area contributed by atoms with Gasteiger partial charge in [0.05, 0.1) is 42.7 Å². The zero-order valence-corrected chi connectivity index (χ0v) is 26.5. The maximum Gasteiger partial charge on any atom is 0.161 e. The third-order valence-corrected chi connectivity index (χ3v) is 12.3. The average Bonchev–Trinajstić information content (AvgIpc) is 3.93. The molecule has 6 atom stereocenters. The van der Waals surface area contributed by atoms with Crippen LogP contribution in [0.5, 0.6) is 34.5 Å². The minimum absolute atomic E-state index is 0.366. The number of benzene rings is 4. The van der Waals surface area contributed by atoms with Gasteiger partial charge in [-0.25, -0.2) is 0 Å². The maximum atomic E-state index is 5.81. The van der Waals surface area contributed by atoms with Crippen molar-refractivity contribution in [1.82, 2.24) is 0 Å². The van der Waals surface area contributed by atoms with Gasteiger partial charge in [-0.2, -0.15) is 0 Å². The molecule has 6 nitrogen and oxygen atoms in total. The lowest BCUT2D eigenvalue weighted by Gasteiger charge is -2.35. The maximum absolute atomic E-state index is 5.81. The van der Waals surface area contributed by atoms with E-state index in [1.165, 1.54) is 33.4 Å². The molecule has 6 heteroatoms. The Morgan fingerprint density at radius 3 is 0.600 bits per heavy atom. The van der Waals surface area contributed by atoms with Crippen LogP contribution in [0.3, 0.4) is 0 Å². The standard InChI is InChI=1S/C39H36O6/c1-40-28-10-16-17(11-29(28)41-2)23-7-22(16)34-35(23)37-25-9-27(21-15-33(45-6)32(44-5)14-20(21)25)39(37)38-26-8-24(36(34)38)18-12-30(42-3)31(43-4)13-19(18)26/h10-15,22-27H,7-9H2,1-6H3/t22-,23+,24+,25-,26-,27+. The summed E-state index contributed by atoms with van der Waals surface area (Å²) >= 11 is 0. The van der Waals surface area contributed by atoms with Crippen molar-refractivity contribution in [1.29, 1.82) is 0 Å². The molecule has 4 aromatic carbocycles. The van der Waals surface area contributed by atoms with E-state index in [0.717, 1.165) is 53.8 Å². The molecule has 6 aliphatic carbocycles. The van der Waals surface area contributed by atoms with Crippen LogP contribution >= 0.6 is 0 Å². The summed E-state index contributed by atoms with van der Waals surface area (Å²) in [4.78, 5) is 0. The Labute approximate surface area is 263 Å². The lowest BCUT2D eigenvalue weighted by Crippen LogP contribution is -2.19. The molecule has 0 heterocycles. The fraction of sp³-hybridized carbons (Fsp3) is 0.385. The van der Waals surface area contributed by atoms with E-state index in [1.807, 2.05) is 0 Å². The number of ether oxygens (including phenoxy) is 6. The van der Waals surface area contributed by atoms with E-state index in [2.05, 4.69) is 36.4 Å². The van der Waals surface area contributed by atoms with Crippen LogP contribution in [-0.2, 0) is 0 Å². The first kappa shape index (κ1) is 26.0. The summed E-state index contributed by atoms with van der Waals surface area (Å²) in [5, 5.41) is 0. The Kier molecular flexibility index (Phi) is 5.01. The second kappa shape index (κ2) is 8.68. The van der Waals surface area contributed by atoms with Gasteiger partial charge >= 0.3 is 0 Å². The van der Waals surface area contributed by atoms with E-state index < -0.39 is 0 Å². The highest BCUT2D eigenvalue weighted by Crippen LogP contribution is 2.72. The first-order valence-corrected chi connectivity index (χ1v) is 16.1. The molecule has 6 bridgehead atoms. The van der Waals surface area contributed by atoms with Crippen LogP contribution in [0, 0.1) is 0 Å². The van der Waals surface area contributed by atoms with Gasteiger partial charge in [0.2, 0.25) is 0 Å². The molecule has 0 spiro atoms. The van der Waals surface area contributed by atoms with Crippen LogP contribution in [0.4, 0.5) is 0 Å². The molecule has 4 aromatic rings. The van der Waals surface area contributed by atoms with Gasteiger partial charge in [0.25, 0.3) is 0 Å². The Hall–Kier alpha value is -4.32. The van der Waals surface area contributed by atoms with Gasteiger partial charge < -0.3 is 28.4 Å². The molecule has 0 aliphatic heterocycles. The molecule has 45 heavy (non-hydrogen) atoms. The number of hydrogen-bond donors (Lipinski definition) is 0. The van der Waals surface area contributed by atoms with Crippen molar-refractivity contribution in [2.75, 3.05) is 42.7 Å². The molecule has 0 saturated carbocycles. The van der Waals surface area contributed by atoms with Crippen molar-refractivity contribution in [3.63, 3.8) is 0 Å². The van der Waals surface area contributed by atoms with Crippen molar-refractivity contribution in [2.45, 2.75) is 54.8 Å². The van der Waals surface area contributed by atoms with Gasteiger partial charge in [0, 0.05) is 35.5 Å². The molecule has 0 radical (unpaired) electrons. The minimum Gasteiger partial charge on any atom is -0.493 e. The second-order valence-electron chi connectivity index (χ2n) is 13.5. The molecule has 6 aliphatic rings. The highest BCUT2D eigenvalue weighted by atomic mass is 16.5. The predicted molar refractivity (Wildman–Crippen MR) is 170 cm³/mol. The SMILES string of the molecule is COc1cc2c(cc1OC)[C@@H]1C[C@H]2c2c1c1c(c3c2[C@H]2C[C@@H]3c3cc(OC)c(OC)cc32)[C@H]2C[C@@H]1c1cc(OC)c(OC)cc12. The summed E-state index contributed by atoms with van der Waals surface area (Å²) < 4.78 is 34.9. The third-order valence-electron chi connectivity index (χ3n) is 12.3. The molecule has 0 N–H and O–H groups in total. The van der Waals surface area contributed by atoms with Crippen molar-refractivity contribution in [2.24, 2.45) is 0 Å². The monoisotopic (exact) mass is 600 g/mol. The van der Waals surface area contributed by atoms with Crippen LogP contribution < -0.4 is 28.4 Å². The van der Waals surface area contributed by atoms with E-state index in [4.69, 9.17) is 28.4 Å². The van der Waals surface area contributed by atoms with Gasteiger partial charge in [-0.15, -0.1) is 0 Å². The first-order chi connectivity index (χ1) is 22.0. The quantitative estimate of drug-likeness (QED) is 0.226. The molecule has 0 aromatic heterocycles. The average molecular weight is 601 g/mol. The molecular weight excluding hydrogens is 564 g/mol. The fourth-order valence-corrected chi connectivity index (χ4v) is 10.8. The molecule has 10 rings (SSSR count). The molecule has 0 fully saturated rings. The Balaban J connectivity index is 1.25. The number of fused-ring (bicyclic) bond motifs is 27. The van der Waals surface area contributed by atoms with Crippen LogP contribution in [0.25, 0.3) is 0 Å². The first-order valence-electron chi connectivity index (χ1n) is 16.1. The van der Waals surface area contributed by atoms with Crippen LogP contribution in [0.1, 0.15) is 122 Å². The lowest BCUT2D eigenvalue weighted by atomic mass is 9.69. The zero-order valence-electron chi connectivity index (χ0n) is 26.5. The summed E-state index contributed by atoms with van der Waals surface area (Å²) in [6.45, 7) is 0. The van der Waals surface area contributed by atoms with Crippen molar-refractivity contribution in [3.8, 4) is 34.5 Å². The summed E-state index contributed by atoms with van der Waals surface area (Å²) in [7, 11) is 10.4. The van der Waals surface area contributed by atoms with Crippen LogP contribution in [0.2, 0.25) is 0 Å². The molecule has 0 saturated heterocycles.